The molecule has 180 valence electrons. The predicted molar refractivity (Wildman–Crippen MR) is 119 cm³/mol. The van der Waals surface area contributed by atoms with Crippen molar-refractivity contribution in [2.75, 3.05) is 13.7 Å². The van der Waals surface area contributed by atoms with Crippen molar-refractivity contribution < 1.29 is 36.2 Å². The van der Waals surface area contributed by atoms with Gasteiger partial charge in [-0.15, -0.1) is 13.2 Å². The van der Waals surface area contributed by atoms with E-state index in [1.165, 1.54) is 37.4 Å². The van der Waals surface area contributed by atoms with Crippen molar-refractivity contribution >= 4 is 12.2 Å². The molecule has 1 aliphatic rings. The Morgan fingerprint density at radius 3 is 1.88 bits per heavy atom. The Morgan fingerprint density at radius 2 is 1.41 bits per heavy atom. The molecule has 3 aromatic carbocycles. The molecule has 1 aliphatic heterocycles. The van der Waals surface area contributed by atoms with Crippen LogP contribution in [0.1, 0.15) is 18.4 Å². The molecule has 34 heavy (non-hydrogen) atoms. The van der Waals surface area contributed by atoms with Gasteiger partial charge in [-0.1, -0.05) is 48.5 Å². The molecule has 0 bridgehead atoms. The first-order valence-electron chi connectivity index (χ1n) is 10.1. The predicted octanol–water partition coefficient (Wildman–Crippen LogP) is 6.59. The van der Waals surface area contributed by atoms with Crippen LogP contribution in [-0.4, -0.2) is 32.2 Å². The Bertz CT molecular complexity index is 1050. The van der Waals surface area contributed by atoms with Crippen LogP contribution in [0.4, 0.5) is 22.0 Å². The number of methoxy groups -OCH3 is 1. The molecule has 9 heteroatoms. The molecule has 0 amide bonds. The molecule has 4 rings (SSSR count). The summed E-state index contributed by atoms with van der Waals surface area (Å²) < 4.78 is 69.8. The highest BCUT2D eigenvalue weighted by molar-refractivity contribution is 6.01. The number of alkyl halides is 3. The summed E-state index contributed by atoms with van der Waals surface area (Å²) in [6.07, 6.45) is -3.07. The third-order valence-corrected chi connectivity index (χ3v) is 4.42. The van der Waals surface area contributed by atoms with Crippen LogP contribution < -0.4 is 4.74 Å². The zero-order valence-corrected chi connectivity index (χ0v) is 18.2. The minimum Gasteiger partial charge on any atom is -0.471 e. The van der Waals surface area contributed by atoms with E-state index >= 15 is 0 Å². The molecule has 0 N–H and O–H groups in total. The third kappa shape index (κ3) is 8.65. The number of halogens is 5. The van der Waals surface area contributed by atoms with E-state index < -0.39 is 18.0 Å². The Morgan fingerprint density at radius 1 is 0.853 bits per heavy atom. The molecule has 0 unspecified atom stereocenters. The topological polar surface area (TPSA) is 47.9 Å². The highest BCUT2D eigenvalue weighted by atomic mass is 19.4. The van der Waals surface area contributed by atoms with E-state index in [0.717, 1.165) is 17.5 Å². The van der Waals surface area contributed by atoms with E-state index in [-0.39, 0.29) is 11.3 Å². The lowest BCUT2D eigenvalue weighted by Crippen LogP contribution is -2.16. The van der Waals surface area contributed by atoms with Gasteiger partial charge >= 0.3 is 6.36 Å². The summed E-state index contributed by atoms with van der Waals surface area (Å²) in [5, 5.41) is 0. The maximum atomic E-state index is 13.2. The molecular weight excluding hydrogens is 457 g/mol. The molecule has 0 aliphatic carbocycles. The summed E-state index contributed by atoms with van der Waals surface area (Å²) in [4.78, 5) is 13.0. The van der Waals surface area contributed by atoms with Crippen LogP contribution in [0, 0.1) is 11.6 Å². The lowest BCUT2D eigenvalue weighted by Gasteiger charge is -2.09. The third-order valence-electron chi connectivity index (χ3n) is 4.42. The maximum Gasteiger partial charge on any atom is 0.573 e. The minimum absolute atomic E-state index is 0.0556. The van der Waals surface area contributed by atoms with Gasteiger partial charge in [0.25, 0.3) is 6.47 Å². The summed E-state index contributed by atoms with van der Waals surface area (Å²) in [7, 11) is 1.31. The number of carbonyl (C=O) groups excluding carboxylic acids is 1. The first-order valence-corrected chi connectivity index (χ1v) is 10.1. The van der Waals surface area contributed by atoms with Crippen LogP contribution in [0.25, 0.3) is 11.1 Å². The first-order chi connectivity index (χ1) is 16.2. The van der Waals surface area contributed by atoms with E-state index in [4.69, 9.17) is 4.79 Å². The van der Waals surface area contributed by atoms with Crippen molar-refractivity contribution in [1.82, 2.24) is 0 Å². The van der Waals surface area contributed by atoms with Gasteiger partial charge in [0, 0.05) is 12.3 Å². The van der Waals surface area contributed by atoms with Gasteiger partial charge in [-0.05, 0) is 48.2 Å². The smallest absolute Gasteiger partial charge is 0.471 e. The molecule has 0 radical (unpaired) electrons. The van der Waals surface area contributed by atoms with Gasteiger partial charge in [0.2, 0.25) is 0 Å². The molecule has 0 saturated carbocycles. The average Bonchev–Trinajstić information content (AvgIpc) is 3.34. The summed E-state index contributed by atoms with van der Waals surface area (Å²) in [5.74, 6) is -1.24. The number of nitrogens with zero attached hydrogens (tertiary/aromatic N) is 1. The van der Waals surface area contributed by atoms with Crippen molar-refractivity contribution in [3.8, 4) is 16.9 Å². The number of hydrogen-bond acceptors (Lipinski definition) is 4. The van der Waals surface area contributed by atoms with Gasteiger partial charge in [0.05, 0.1) is 12.7 Å². The summed E-state index contributed by atoms with van der Waals surface area (Å²) in [6, 6.07) is 19.1. The largest absolute Gasteiger partial charge is 0.573 e. The van der Waals surface area contributed by atoms with Gasteiger partial charge in [0.1, 0.15) is 17.4 Å². The zero-order valence-electron chi connectivity index (χ0n) is 18.2. The van der Waals surface area contributed by atoms with Crippen LogP contribution in [0.15, 0.2) is 77.8 Å². The quantitative estimate of drug-likeness (QED) is 0.313. The van der Waals surface area contributed by atoms with Gasteiger partial charge in [-0.25, -0.2) is 8.78 Å². The number of rotatable bonds is 4. The summed E-state index contributed by atoms with van der Waals surface area (Å²) >= 11 is 0. The van der Waals surface area contributed by atoms with Gasteiger partial charge in [-0.2, -0.15) is 0 Å². The molecule has 0 spiro atoms. The second kappa shape index (κ2) is 13.1. The Labute approximate surface area is 193 Å². The minimum atomic E-state index is -4.64. The maximum absolute atomic E-state index is 13.2. The van der Waals surface area contributed by atoms with Gasteiger partial charge in [0.15, 0.2) is 0 Å². The van der Waals surface area contributed by atoms with Crippen molar-refractivity contribution in [3.63, 3.8) is 0 Å². The molecule has 3 aromatic rings. The van der Waals surface area contributed by atoms with Crippen LogP contribution in [0.5, 0.6) is 5.75 Å². The molecule has 1 heterocycles. The van der Waals surface area contributed by atoms with Crippen LogP contribution in [-0.2, 0) is 9.53 Å². The number of benzene rings is 3. The highest BCUT2D eigenvalue weighted by Crippen LogP contribution is 2.26. The average molecular weight is 479 g/mol. The summed E-state index contributed by atoms with van der Waals surface area (Å²) in [5.41, 5.74) is 2.42. The molecule has 0 saturated heterocycles. The fourth-order valence-corrected chi connectivity index (χ4v) is 3.00. The monoisotopic (exact) mass is 479 g/mol. The molecule has 0 fully saturated rings. The molecular formula is C25H22F5NO3. The number of carbonyl (C=O) groups is 1. The second-order valence-corrected chi connectivity index (χ2v) is 6.80. The van der Waals surface area contributed by atoms with Crippen LogP contribution >= 0.6 is 0 Å². The van der Waals surface area contributed by atoms with E-state index in [1.807, 2.05) is 30.3 Å². The zero-order chi connectivity index (χ0) is 25.0. The van der Waals surface area contributed by atoms with E-state index in [9.17, 15) is 22.0 Å². The van der Waals surface area contributed by atoms with Crippen molar-refractivity contribution in [3.05, 3.63) is 90.0 Å². The Balaban J connectivity index is 0.000000213. The van der Waals surface area contributed by atoms with Gasteiger partial charge < -0.3 is 9.47 Å². The molecule has 4 nitrogen and oxygen atoms in total. The highest BCUT2D eigenvalue weighted by Gasteiger charge is 2.30. The summed E-state index contributed by atoms with van der Waals surface area (Å²) in [6.45, 7) is 1.06. The van der Waals surface area contributed by atoms with Crippen LogP contribution in [0.3, 0.4) is 0 Å². The number of hydrogen-bond donors (Lipinski definition) is 0. The lowest BCUT2D eigenvalue weighted by atomic mass is 10.1. The van der Waals surface area contributed by atoms with Gasteiger partial charge in [-0.3, -0.25) is 9.79 Å². The number of aliphatic imine (C=N–C) groups is 1. The first kappa shape index (κ1) is 26.5. The molecule has 0 atom stereocenters. The van der Waals surface area contributed by atoms with E-state index in [0.29, 0.717) is 25.1 Å². The second-order valence-electron chi connectivity index (χ2n) is 6.80. The van der Waals surface area contributed by atoms with Crippen molar-refractivity contribution in [2.24, 2.45) is 4.99 Å². The standard InChI is InChI=1S/C13H9F3O.C10H9F2N.C2H4O2/c14-13(15,16)17-12-8-6-11(7-9-12)10-4-2-1-3-5-10;11-7-3-1-4-8(12)10(7)9-5-2-6-13-9;1-4-2-3/h1-9H;1,3-4H,2,5-6H2;2H,1H3. The fourth-order valence-electron chi connectivity index (χ4n) is 3.00. The lowest BCUT2D eigenvalue weighted by molar-refractivity contribution is -0.274. The molecule has 0 aromatic heterocycles. The van der Waals surface area contributed by atoms with E-state index in [2.05, 4.69) is 14.5 Å². The SMILES string of the molecule is COC=O.FC(F)(F)Oc1ccc(-c2ccccc2)cc1.Fc1cccc(F)c1C1=NCCC1. The number of ether oxygens (including phenoxy) is 2. The normalized spacial score (nSPS) is 12.4. The Kier molecular flexibility index (Phi) is 10.2. The Hall–Kier alpha value is -3.75. The fraction of sp³-hybridized carbons (Fsp3) is 0.200. The van der Waals surface area contributed by atoms with E-state index in [1.54, 1.807) is 12.1 Å². The van der Waals surface area contributed by atoms with Crippen LogP contribution in [0.2, 0.25) is 0 Å². The van der Waals surface area contributed by atoms with Crippen molar-refractivity contribution in [2.45, 2.75) is 19.2 Å². The van der Waals surface area contributed by atoms with Crippen molar-refractivity contribution in [1.29, 1.82) is 0 Å².